The maximum absolute atomic E-state index is 6.13. The summed E-state index contributed by atoms with van der Waals surface area (Å²) in [6.07, 6.45) is 1.69. The van der Waals surface area contributed by atoms with Crippen LogP contribution in [0.4, 0.5) is 0 Å². The van der Waals surface area contributed by atoms with Crippen LogP contribution in [0.3, 0.4) is 0 Å². The Hall–Kier alpha value is -1.39. The third-order valence-electron chi connectivity index (χ3n) is 2.59. The molecule has 0 saturated heterocycles. The second-order valence-electron chi connectivity index (χ2n) is 3.96. The summed E-state index contributed by atoms with van der Waals surface area (Å²) in [5.74, 6) is 0.784. The van der Waals surface area contributed by atoms with Crippen LogP contribution in [0.1, 0.15) is 24.4 Å². The number of aromatic nitrogens is 3. The van der Waals surface area contributed by atoms with Crippen molar-refractivity contribution in [3.8, 4) is 0 Å². The first kappa shape index (κ1) is 12.1. The van der Waals surface area contributed by atoms with E-state index in [4.69, 9.17) is 11.6 Å². The molecule has 2 rings (SSSR count). The third kappa shape index (κ3) is 3.05. The van der Waals surface area contributed by atoms with Gasteiger partial charge >= 0.3 is 0 Å². The molecule has 0 radical (unpaired) electrons. The maximum atomic E-state index is 6.13. The average Bonchev–Trinajstić information content (AvgIpc) is 2.73. The molecule has 0 amide bonds. The lowest BCUT2D eigenvalue weighted by atomic mass is 10.1. The molecule has 2 aromatic rings. The Morgan fingerprint density at radius 3 is 2.82 bits per heavy atom. The van der Waals surface area contributed by atoms with E-state index in [1.165, 1.54) is 0 Å². The number of nitrogens with one attached hydrogen (secondary N) is 1. The molecule has 1 atom stereocenters. The van der Waals surface area contributed by atoms with Crippen LogP contribution in [0.5, 0.6) is 0 Å². The first-order valence-corrected chi connectivity index (χ1v) is 5.87. The molecule has 1 aromatic heterocycles. The Morgan fingerprint density at radius 2 is 2.18 bits per heavy atom. The van der Waals surface area contributed by atoms with E-state index in [1.807, 2.05) is 31.3 Å². The number of hydrogen-bond donors (Lipinski definition) is 1. The van der Waals surface area contributed by atoms with Crippen molar-refractivity contribution >= 4 is 11.6 Å². The molecular weight excluding hydrogens is 236 g/mol. The van der Waals surface area contributed by atoms with E-state index in [9.17, 15) is 0 Å². The number of rotatable bonds is 4. The Bertz CT molecular complexity index is 495. The largest absolute Gasteiger partial charge is 0.303 e. The van der Waals surface area contributed by atoms with Gasteiger partial charge in [-0.2, -0.15) is 5.10 Å². The maximum Gasteiger partial charge on any atom is 0.164 e. The highest BCUT2D eigenvalue weighted by atomic mass is 35.5. The van der Waals surface area contributed by atoms with Crippen molar-refractivity contribution in [1.29, 1.82) is 0 Å². The summed E-state index contributed by atoms with van der Waals surface area (Å²) in [6, 6.07) is 8.00. The highest BCUT2D eigenvalue weighted by molar-refractivity contribution is 6.31. The van der Waals surface area contributed by atoms with Gasteiger partial charge in [0.05, 0.1) is 6.54 Å². The van der Waals surface area contributed by atoms with E-state index < -0.39 is 0 Å². The normalized spacial score (nSPS) is 12.6. The van der Waals surface area contributed by atoms with Crippen molar-refractivity contribution in [3.05, 3.63) is 47.0 Å². The lowest BCUT2D eigenvalue weighted by Gasteiger charge is -2.14. The standard InChI is InChI=1S/C12H15ClN4/c1-9(10-5-3-4-6-11(10)13)14-7-12-15-8-17(2)16-12/h3-6,8-9,14H,7H2,1-2H3. The van der Waals surface area contributed by atoms with Crippen LogP contribution >= 0.6 is 11.6 Å². The van der Waals surface area contributed by atoms with Crippen LogP contribution in [-0.2, 0) is 13.6 Å². The Labute approximate surface area is 106 Å². The fourth-order valence-electron chi connectivity index (χ4n) is 1.65. The van der Waals surface area contributed by atoms with Crippen molar-refractivity contribution in [1.82, 2.24) is 20.1 Å². The SMILES string of the molecule is CC(NCc1ncn(C)n1)c1ccccc1Cl. The lowest BCUT2D eigenvalue weighted by molar-refractivity contribution is 0.556. The van der Waals surface area contributed by atoms with Crippen molar-refractivity contribution in [2.75, 3.05) is 0 Å². The van der Waals surface area contributed by atoms with Crippen LogP contribution in [0.25, 0.3) is 0 Å². The molecule has 0 aliphatic heterocycles. The van der Waals surface area contributed by atoms with Crippen molar-refractivity contribution in [2.45, 2.75) is 19.5 Å². The van der Waals surface area contributed by atoms with Gasteiger partial charge in [-0.1, -0.05) is 29.8 Å². The summed E-state index contributed by atoms with van der Waals surface area (Å²) < 4.78 is 1.69. The smallest absolute Gasteiger partial charge is 0.164 e. The van der Waals surface area contributed by atoms with E-state index in [1.54, 1.807) is 11.0 Å². The Morgan fingerprint density at radius 1 is 1.41 bits per heavy atom. The second kappa shape index (κ2) is 5.29. The van der Waals surface area contributed by atoms with Crippen LogP contribution in [-0.4, -0.2) is 14.8 Å². The van der Waals surface area contributed by atoms with Crippen LogP contribution in [0, 0.1) is 0 Å². The summed E-state index contributed by atoms with van der Waals surface area (Å²) in [5, 5.41) is 8.33. The highest BCUT2D eigenvalue weighted by Crippen LogP contribution is 2.22. The molecule has 0 bridgehead atoms. The van der Waals surface area contributed by atoms with Crippen molar-refractivity contribution in [3.63, 3.8) is 0 Å². The minimum Gasteiger partial charge on any atom is -0.303 e. The summed E-state index contributed by atoms with van der Waals surface area (Å²) in [7, 11) is 1.86. The number of aryl methyl sites for hydroxylation is 1. The van der Waals surface area contributed by atoms with Gasteiger partial charge in [0.2, 0.25) is 0 Å². The van der Waals surface area contributed by atoms with Gasteiger partial charge in [-0.3, -0.25) is 4.68 Å². The van der Waals surface area contributed by atoms with Crippen LogP contribution in [0.15, 0.2) is 30.6 Å². The molecule has 90 valence electrons. The zero-order valence-electron chi connectivity index (χ0n) is 9.89. The molecule has 0 aliphatic carbocycles. The van der Waals surface area contributed by atoms with Gasteiger partial charge in [0.25, 0.3) is 0 Å². The van der Waals surface area contributed by atoms with Gasteiger partial charge in [-0.15, -0.1) is 0 Å². The molecule has 5 heteroatoms. The molecule has 0 saturated carbocycles. The molecule has 4 nitrogen and oxygen atoms in total. The lowest BCUT2D eigenvalue weighted by Crippen LogP contribution is -2.19. The fourth-order valence-corrected chi connectivity index (χ4v) is 1.94. The van der Waals surface area contributed by atoms with Gasteiger partial charge in [0.15, 0.2) is 5.82 Å². The van der Waals surface area contributed by atoms with Crippen LogP contribution in [0.2, 0.25) is 5.02 Å². The van der Waals surface area contributed by atoms with E-state index in [0.717, 1.165) is 16.4 Å². The summed E-state index contributed by atoms with van der Waals surface area (Å²) >= 11 is 6.13. The monoisotopic (exact) mass is 250 g/mol. The molecule has 1 aromatic carbocycles. The zero-order chi connectivity index (χ0) is 12.3. The van der Waals surface area contributed by atoms with E-state index >= 15 is 0 Å². The molecule has 1 N–H and O–H groups in total. The quantitative estimate of drug-likeness (QED) is 0.906. The van der Waals surface area contributed by atoms with Crippen LogP contribution < -0.4 is 5.32 Å². The highest BCUT2D eigenvalue weighted by Gasteiger charge is 2.09. The van der Waals surface area contributed by atoms with Gasteiger partial charge < -0.3 is 5.32 Å². The fraction of sp³-hybridized carbons (Fsp3) is 0.333. The molecular formula is C12H15ClN4. The summed E-state index contributed by atoms with van der Waals surface area (Å²) in [4.78, 5) is 4.16. The topological polar surface area (TPSA) is 42.7 Å². The van der Waals surface area contributed by atoms with E-state index in [0.29, 0.717) is 6.54 Å². The number of halogens is 1. The zero-order valence-corrected chi connectivity index (χ0v) is 10.6. The first-order chi connectivity index (χ1) is 8.16. The number of hydrogen-bond acceptors (Lipinski definition) is 3. The van der Waals surface area contributed by atoms with E-state index in [2.05, 4.69) is 22.3 Å². The first-order valence-electron chi connectivity index (χ1n) is 5.49. The average molecular weight is 251 g/mol. The molecule has 0 fully saturated rings. The van der Waals surface area contributed by atoms with Crippen molar-refractivity contribution < 1.29 is 0 Å². The van der Waals surface area contributed by atoms with Crippen molar-refractivity contribution in [2.24, 2.45) is 7.05 Å². The predicted molar refractivity (Wildman–Crippen MR) is 67.7 cm³/mol. The minimum absolute atomic E-state index is 0.174. The molecule has 0 aliphatic rings. The van der Waals surface area contributed by atoms with Gasteiger partial charge in [0.1, 0.15) is 6.33 Å². The van der Waals surface area contributed by atoms with E-state index in [-0.39, 0.29) is 6.04 Å². The number of nitrogens with zero attached hydrogens (tertiary/aromatic N) is 3. The Kier molecular flexibility index (Phi) is 3.76. The number of benzene rings is 1. The summed E-state index contributed by atoms with van der Waals surface area (Å²) in [6.45, 7) is 2.71. The predicted octanol–water partition coefficient (Wildman–Crippen LogP) is 2.32. The Balaban J connectivity index is 1.98. The van der Waals surface area contributed by atoms with Gasteiger partial charge in [-0.05, 0) is 18.6 Å². The van der Waals surface area contributed by atoms with Gasteiger partial charge in [0, 0.05) is 18.1 Å². The second-order valence-corrected chi connectivity index (χ2v) is 4.37. The minimum atomic E-state index is 0.174. The molecule has 1 heterocycles. The van der Waals surface area contributed by atoms with Gasteiger partial charge in [-0.25, -0.2) is 4.98 Å². The molecule has 0 spiro atoms. The molecule has 17 heavy (non-hydrogen) atoms. The third-order valence-corrected chi connectivity index (χ3v) is 2.93. The molecule has 1 unspecified atom stereocenters. The summed E-state index contributed by atoms with van der Waals surface area (Å²) in [5.41, 5.74) is 1.09.